The highest BCUT2D eigenvalue weighted by Crippen LogP contribution is 2.10. The topological polar surface area (TPSA) is 44.9 Å². The maximum atomic E-state index is 11.7. The summed E-state index contributed by atoms with van der Waals surface area (Å²) in [6.45, 7) is 2.02. The molecule has 0 aliphatic carbocycles. The molecule has 0 spiro atoms. The van der Waals surface area contributed by atoms with E-state index in [-0.39, 0.29) is 11.9 Å². The number of amides is 1. The largest absolute Gasteiger partial charge is 0.356 e. The van der Waals surface area contributed by atoms with Gasteiger partial charge in [-0.2, -0.15) is 11.8 Å². The summed E-state index contributed by atoms with van der Waals surface area (Å²) in [5.41, 5.74) is 0.595. The normalized spacial score (nSPS) is 12.5. The molecule has 1 rings (SSSR count). The van der Waals surface area contributed by atoms with Crippen LogP contribution in [0.5, 0.6) is 0 Å². The van der Waals surface area contributed by atoms with Crippen LogP contribution >= 0.6 is 27.7 Å². The number of halogens is 1. The molecule has 15 heavy (non-hydrogen) atoms. The van der Waals surface area contributed by atoms with Crippen molar-refractivity contribution in [2.24, 2.45) is 0 Å². The summed E-state index contributed by atoms with van der Waals surface area (Å²) in [5.74, 6) is 1.02. The van der Waals surface area contributed by atoms with Crippen molar-refractivity contribution in [3.8, 4) is 0 Å². The predicted molar refractivity (Wildman–Crippen MR) is 68.4 cm³/mol. The van der Waals surface area contributed by atoms with E-state index in [1.807, 2.05) is 6.92 Å². The van der Waals surface area contributed by atoms with E-state index in [2.05, 4.69) is 32.5 Å². The van der Waals surface area contributed by atoms with Crippen LogP contribution in [0.4, 0.5) is 0 Å². The van der Waals surface area contributed by atoms with Gasteiger partial charge in [0.05, 0.1) is 0 Å². The van der Waals surface area contributed by atoms with Gasteiger partial charge in [-0.05, 0) is 47.3 Å². The summed E-state index contributed by atoms with van der Waals surface area (Å²) in [4.78, 5) is 14.6. The molecule has 1 aromatic heterocycles. The smallest absolute Gasteiger partial charge is 0.267 e. The fourth-order valence-corrected chi connectivity index (χ4v) is 2.10. The number of carbonyl (C=O) groups excluding carboxylic acids is 1. The third-order valence-electron chi connectivity index (χ3n) is 2.02. The first-order chi connectivity index (χ1) is 7.13. The van der Waals surface area contributed by atoms with Crippen molar-refractivity contribution in [3.63, 3.8) is 0 Å². The van der Waals surface area contributed by atoms with E-state index in [9.17, 15) is 4.79 Å². The van der Waals surface area contributed by atoms with Crippen molar-refractivity contribution >= 4 is 33.6 Å². The molecule has 0 saturated heterocycles. The summed E-state index contributed by atoms with van der Waals surface area (Å²) in [5, 5.41) is 2.94. The van der Waals surface area contributed by atoms with Gasteiger partial charge in [-0.1, -0.05) is 0 Å². The Kier molecular flexibility index (Phi) is 5.25. The van der Waals surface area contributed by atoms with Crippen molar-refractivity contribution in [2.75, 3.05) is 12.0 Å². The van der Waals surface area contributed by atoms with Gasteiger partial charge in [-0.15, -0.1) is 0 Å². The highest BCUT2D eigenvalue weighted by atomic mass is 79.9. The van der Waals surface area contributed by atoms with E-state index in [0.717, 1.165) is 16.6 Å². The molecule has 0 aliphatic rings. The molecule has 0 aliphatic heterocycles. The lowest BCUT2D eigenvalue weighted by Crippen LogP contribution is -2.33. The first kappa shape index (κ1) is 12.6. The molecule has 5 heteroatoms. The van der Waals surface area contributed by atoms with Crippen LogP contribution in [0.15, 0.2) is 16.7 Å². The number of hydrogen-bond donors (Lipinski definition) is 2. The number of nitrogens with one attached hydrogen (secondary N) is 2. The molecule has 1 heterocycles. The standard InChI is InChI=1S/C10H15BrN2OS/c1-7(3-4-15-2)13-10(14)9-5-8(11)6-12-9/h5-7,12H,3-4H2,1-2H3,(H,13,14). The van der Waals surface area contributed by atoms with Gasteiger partial charge in [0.15, 0.2) is 0 Å². The molecule has 0 fully saturated rings. The number of H-pyrrole nitrogens is 1. The van der Waals surface area contributed by atoms with E-state index in [1.54, 1.807) is 24.0 Å². The molecule has 0 radical (unpaired) electrons. The van der Waals surface area contributed by atoms with Gasteiger partial charge in [0.25, 0.3) is 5.91 Å². The third-order valence-corrected chi connectivity index (χ3v) is 3.13. The second kappa shape index (κ2) is 6.23. The summed E-state index contributed by atoms with van der Waals surface area (Å²) in [6.07, 6.45) is 4.81. The zero-order chi connectivity index (χ0) is 11.3. The fourth-order valence-electron chi connectivity index (χ4n) is 1.17. The monoisotopic (exact) mass is 290 g/mol. The van der Waals surface area contributed by atoms with E-state index >= 15 is 0 Å². The number of hydrogen-bond acceptors (Lipinski definition) is 2. The lowest BCUT2D eigenvalue weighted by atomic mass is 10.2. The molecule has 0 saturated carbocycles. The minimum atomic E-state index is -0.0469. The Balaban J connectivity index is 2.42. The SMILES string of the molecule is CSCCC(C)NC(=O)c1cc(Br)c[nH]1. The predicted octanol–water partition coefficient (Wildman–Crippen LogP) is 2.65. The third kappa shape index (κ3) is 4.30. The molecule has 0 bridgehead atoms. The Morgan fingerprint density at radius 1 is 1.73 bits per heavy atom. The number of rotatable bonds is 5. The van der Waals surface area contributed by atoms with Crippen molar-refractivity contribution in [1.82, 2.24) is 10.3 Å². The lowest BCUT2D eigenvalue weighted by molar-refractivity contribution is 0.0935. The molecular weight excluding hydrogens is 276 g/mol. The summed E-state index contributed by atoms with van der Waals surface area (Å²) >= 11 is 5.08. The van der Waals surface area contributed by atoms with E-state index in [1.165, 1.54) is 0 Å². The van der Waals surface area contributed by atoms with Crippen LogP contribution in [0.2, 0.25) is 0 Å². The lowest BCUT2D eigenvalue weighted by Gasteiger charge is -2.12. The Labute approximate surface area is 103 Å². The molecule has 0 aromatic carbocycles. The minimum absolute atomic E-state index is 0.0469. The molecule has 3 nitrogen and oxygen atoms in total. The van der Waals surface area contributed by atoms with Gasteiger partial charge in [0.1, 0.15) is 5.69 Å². The summed E-state index contributed by atoms with van der Waals surface area (Å²) in [7, 11) is 0. The van der Waals surface area contributed by atoms with Crippen LogP contribution in [-0.4, -0.2) is 28.9 Å². The molecule has 1 amide bonds. The summed E-state index contributed by atoms with van der Waals surface area (Å²) in [6, 6.07) is 1.99. The summed E-state index contributed by atoms with van der Waals surface area (Å²) < 4.78 is 0.893. The zero-order valence-corrected chi connectivity index (χ0v) is 11.2. The van der Waals surface area contributed by atoms with Crippen molar-refractivity contribution < 1.29 is 4.79 Å². The molecule has 1 unspecified atom stereocenters. The van der Waals surface area contributed by atoms with Gasteiger partial charge < -0.3 is 10.3 Å². The molecule has 2 N–H and O–H groups in total. The number of thioether (sulfide) groups is 1. The van der Waals surface area contributed by atoms with E-state index in [0.29, 0.717) is 5.69 Å². The van der Waals surface area contributed by atoms with E-state index < -0.39 is 0 Å². The van der Waals surface area contributed by atoms with Crippen molar-refractivity contribution in [3.05, 3.63) is 22.4 Å². The Morgan fingerprint density at radius 3 is 3.00 bits per heavy atom. The van der Waals surface area contributed by atoms with Crippen LogP contribution in [0, 0.1) is 0 Å². The average Bonchev–Trinajstić information content (AvgIpc) is 2.61. The second-order valence-electron chi connectivity index (χ2n) is 3.39. The first-order valence-corrected chi connectivity index (χ1v) is 6.96. The van der Waals surface area contributed by atoms with E-state index in [4.69, 9.17) is 0 Å². The maximum absolute atomic E-state index is 11.7. The van der Waals surface area contributed by atoms with Gasteiger partial charge >= 0.3 is 0 Å². The molecule has 84 valence electrons. The first-order valence-electron chi connectivity index (χ1n) is 4.77. The van der Waals surface area contributed by atoms with Gasteiger partial charge in [-0.3, -0.25) is 4.79 Å². The van der Waals surface area contributed by atoms with Gasteiger partial charge in [0, 0.05) is 16.7 Å². The van der Waals surface area contributed by atoms with Crippen LogP contribution in [0.25, 0.3) is 0 Å². The minimum Gasteiger partial charge on any atom is -0.356 e. The second-order valence-corrected chi connectivity index (χ2v) is 5.29. The molecule has 1 atom stereocenters. The Morgan fingerprint density at radius 2 is 2.47 bits per heavy atom. The highest BCUT2D eigenvalue weighted by molar-refractivity contribution is 9.10. The van der Waals surface area contributed by atoms with Gasteiger partial charge in [0.2, 0.25) is 0 Å². The quantitative estimate of drug-likeness (QED) is 0.876. The van der Waals surface area contributed by atoms with Crippen LogP contribution in [0.1, 0.15) is 23.8 Å². The highest BCUT2D eigenvalue weighted by Gasteiger charge is 2.10. The van der Waals surface area contributed by atoms with Crippen LogP contribution in [-0.2, 0) is 0 Å². The molecule has 1 aromatic rings. The van der Waals surface area contributed by atoms with Gasteiger partial charge in [-0.25, -0.2) is 0 Å². The van der Waals surface area contributed by atoms with Crippen molar-refractivity contribution in [1.29, 1.82) is 0 Å². The fraction of sp³-hybridized carbons (Fsp3) is 0.500. The number of aromatic nitrogens is 1. The zero-order valence-electron chi connectivity index (χ0n) is 8.84. The van der Waals surface area contributed by atoms with Crippen LogP contribution < -0.4 is 5.32 Å². The number of carbonyl (C=O) groups is 1. The van der Waals surface area contributed by atoms with Crippen LogP contribution in [0.3, 0.4) is 0 Å². The average molecular weight is 291 g/mol. The Hall–Kier alpha value is -0.420. The maximum Gasteiger partial charge on any atom is 0.267 e. The van der Waals surface area contributed by atoms with Crippen molar-refractivity contribution in [2.45, 2.75) is 19.4 Å². The number of aromatic amines is 1. The Bertz CT molecular complexity index is 327. The molecular formula is C10H15BrN2OS.